The summed E-state index contributed by atoms with van der Waals surface area (Å²) in [5, 5.41) is 3.89. The molecule has 120 valence electrons. The van der Waals surface area contributed by atoms with Gasteiger partial charge in [0.05, 0.1) is 0 Å². The summed E-state index contributed by atoms with van der Waals surface area (Å²) in [7, 11) is 0. The van der Waals surface area contributed by atoms with E-state index in [2.05, 4.69) is 55.6 Å². The molecule has 0 heterocycles. The fourth-order valence-corrected chi connectivity index (χ4v) is 3.78. The second-order valence-corrected chi connectivity index (χ2v) is 7.44. The minimum Gasteiger partial charge on any atom is -0.328 e. The van der Waals surface area contributed by atoms with Gasteiger partial charge in [-0.15, -0.1) is 0 Å². The van der Waals surface area contributed by atoms with Crippen LogP contribution < -0.4 is 11.1 Å². The maximum Gasteiger partial charge on any atom is 0.0142 e. The Hall–Kier alpha value is -1.12. The second-order valence-electron chi connectivity index (χ2n) is 7.44. The highest BCUT2D eigenvalue weighted by molar-refractivity contribution is 5.55. The molecule has 0 aliphatic heterocycles. The molecule has 2 unspecified atom stereocenters. The number of benzene rings is 1. The molecule has 0 amide bonds. The molecule has 3 rings (SSSR count). The summed E-state index contributed by atoms with van der Waals surface area (Å²) in [6.45, 7) is 4.65. The predicted octanol–water partition coefficient (Wildman–Crippen LogP) is 3.97. The van der Waals surface area contributed by atoms with Gasteiger partial charge in [-0.1, -0.05) is 55.8 Å². The predicted molar refractivity (Wildman–Crippen MR) is 94.5 cm³/mol. The minimum absolute atomic E-state index is 0.442. The van der Waals surface area contributed by atoms with E-state index >= 15 is 0 Å². The standard InChI is InChI=1S/C20H30N2/c1-14(2)18(12-15-6-4-3-5-7-15)19-13-20(19)22-17-10-8-16(21)9-11-17/h3-7,12,14,16-17,19-20,22H,8-11,13,21H2,1-2H3/b18-12+. The average Bonchev–Trinajstić information content (AvgIpc) is 3.27. The zero-order valence-corrected chi connectivity index (χ0v) is 14.0. The summed E-state index contributed by atoms with van der Waals surface area (Å²) in [5.41, 5.74) is 8.95. The molecule has 3 N–H and O–H groups in total. The molecule has 0 bridgehead atoms. The second kappa shape index (κ2) is 6.97. The molecule has 2 atom stereocenters. The smallest absolute Gasteiger partial charge is 0.0142 e. The van der Waals surface area contributed by atoms with Gasteiger partial charge in [0, 0.05) is 18.1 Å². The van der Waals surface area contributed by atoms with Gasteiger partial charge in [0.1, 0.15) is 0 Å². The molecule has 0 radical (unpaired) electrons. The molecule has 2 saturated carbocycles. The first kappa shape index (κ1) is 15.8. The van der Waals surface area contributed by atoms with E-state index in [1.807, 2.05) is 0 Å². The molecular weight excluding hydrogens is 268 g/mol. The van der Waals surface area contributed by atoms with Crippen LogP contribution in [-0.4, -0.2) is 18.1 Å². The van der Waals surface area contributed by atoms with Crippen LogP contribution in [0.3, 0.4) is 0 Å². The van der Waals surface area contributed by atoms with Crippen molar-refractivity contribution in [3.8, 4) is 0 Å². The van der Waals surface area contributed by atoms with Crippen molar-refractivity contribution in [1.29, 1.82) is 0 Å². The number of nitrogens with two attached hydrogens (primary N) is 1. The Labute approximate surface area is 135 Å². The van der Waals surface area contributed by atoms with Crippen molar-refractivity contribution in [3.63, 3.8) is 0 Å². The van der Waals surface area contributed by atoms with Crippen LogP contribution in [0.1, 0.15) is 51.5 Å². The highest BCUT2D eigenvalue weighted by Crippen LogP contribution is 2.42. The summed E-state index contributed by atoms with van der Waals surface area (Å²) in [4.78, 5) is 0. The molecule has 0 saturated heterocycles. The van der Waals surface area contributed by atoms with Crippen molar-refractivity contribution in [3.05, 3.63) is 41.5 Å². The summed E-state index contributed by atoms with van der Waals surface area (Å²) < 4.78 is 0. The van der Waals surface area contributed by atoms with Gasteiger partial charge in [0.15, 0.2) is 0 Å². The Kier molecular flexibility index (Phi) is 5.00. The molecule has 22 heavy (non-hydrogen) atoms. The first-order valence-corrected chi connectivity index (χ1v) is 8.91. The van der Waals surface area contributed by atoms with Crippen molar-refractivity contribution in [2.75, 3.05) is 0 Å². The molecular formula is C20H30N2. The third-order valence-electron chi connectivity index (χ3n) is 5.24. The summed E-state index contributed by atoms with van der Waals surface area (Å²) in [6, 6.07) is 12.6. The normalized spacial score (nSPS) is 32.3. The van der Waals surface area contributed by atoms with Crippen LogP contribution in [0.25, 0.3) is 6.08 Å². The molecule has 1 aromatic carbocycles. The highest BCUT2D eigenvalue weighted by Gasteiger charge is 2.41. The Morgan fingerprint density at radius 3 is 2.45 bits per heavy atom. The lowest BCUT2D eigenvalue weighted by Gasteiger charge is -2.27. The van der Waals surface area contributed by atoms with E-state index in [0.29, 0.717) is 24.0 Å². The van der Waals surface area contributed by atoms with Crippen LogP contribution in [0.15, 0.2) is 35.9 Å². The van der Waals surface area contributed by atoms with Crippen molar-refractivity contribution < 1.29 is 0 Å². The molecule has 1 aromatic rings. The topological polar surface area (TPSA) is 38.0 Å². The lowest BCUT2D eigenvalue weighted by atomic mass is 9.91. The maximum absolute atomic E-state index is 6.01. The van der Waals surface area contributed by atoms with Crippen molar-refractivity contribution in [2.45, 2.75) is 64.1 Å². The first-order chi connectivity index (χ1) is 10.6. The number of hydrogen-bond donors (Lipinski definition) is 2. The van der Waals surface area contributed by atoms with E-state index in [-0.39, 0.29) is 0 Å². The van der Waals surface area contributed by atoms with E-state index in [0.717, 1.165) is 5.92 Å². The highest BCUT2D eigenvalue weighted by atomic mass is 15.0. The van der Waals surface area contributed by atoms with Crippen molar-refractivity contribution >= 4 is 6.08 Å². The van der Waals surface area contributed by atoms with E-state index in [1.54, 1.807) is 5.57 Å². The third-order valence-corrected chi connectivity index (χ3v) is 5.24. The molecule has 0 spiro atoms. The lowest BCUT2D eigenvalue weighted by Crippen LogP contribution is -2.39. The van der Waals surface area contributed by atoms with Crippen LogP contribution in [0, 0.1) is 11.8 Å². The summed E-state index contributed by atoms with van der Waals surface area (Å²) in [6.07, 6.45) is 8.60. The molecule has 2 fully saturated rings. The van der Waals surface area contributed by atoms with Gasteiger partial charge in [-0.3, -0.25) is 0 Å². The Morgan fingerprint density at radius 1 is 1.14 bits per heavy atom. The van der Waals surface area contributed by atoms with Gasteiger partial charge in [0.25, 0.3) is 0 Å². The van der Waals surface area contributed by atoms with Gasteiger partial charge in [0.2, 0.25) is 0 Å². The quantitative estimate of drug-likeness (QED) is 0.863. The molecule has 2 heteroatoms. The molecule has 2 nitrogen and oxygen atoms in total. The number of nitrogens with one attached hydrogen (secondary N) is 1. The zero-order valence-electron chi connectivity index (χ0n) is 14.0. The first-order valence-electron chi connectivity index (χ1n) is 8.91. The fourth-order valence-electron chi connectivity index (χ4n) is 3.78. The van der Waals surface area contributed by atoms with Gasteiger partial charge < -0.3 is 11.1 Å². The average molecular weight is 298 g/mol. The molecule has 2 aliphatic rings. The minimum atomic E-state index is 0.442. The van der Waals surface area contributed by atoms with Gasteiger partial charge in [-0.05, 0) is 49.5 Å². The van der Waals surface area contributed by atoms with Crippen molar-refractivity contribution in [1.82, 2.24) is 5.32 Å². The summed E-state index contributed by atoms with van der Waals surface area (Å²) >= 11 is 0. The van der Waals surface area contributed by atoms with E-state index in [4.69, 9.17) is 5.73 Å². The van der Waals surface area contributed by atoms with Crippen molar-refractivity contribution in [2.24, 2.45) is 17.6 Å². The number of rotatable bonds is 5. The number of hydrogen-bond acceptors (Lipinski definition) is 2. The summed E-state index contributed by atoms with van der Waals surface area (Å²) in [5.74, 6) is 1.35. The van der Waals surface area contributed by atoms with E-state index in [9.17, 15) is 0 Å². The van der Waals surface area contributed by atoms with Crippen LogP contribution in [0.5, 0.6) is 0 Å². The van der Waals surface area contributed by atoms with Gasteiger partial charge >= 0.3 is 0 Å². The Morgan fingerprint density at radius 2 is 1.82 bits per heavy atom. The fraction of sp³-hybridized carbons (Fsp3) is 0.600. The monoisotopic (exact) mass is 298 g/mol. The van der Waals surface area contributed by atoms with E-state index in [1.165, 1.54) is 37.7 Å². The van der Waals surface area contributed by atoms with E-state index < -0.39 is 0 Å². The molecule has 0 aromatic heterocycles. The zero-order chi connectivity index (χ0) is 15.5. The van der Waals surface area contributed by atoms with Crippen LogP contribution in [0.2, 0.25) is 0 Å². The SMILES string of the molecule is CC(C)/C(=C\c1ccccc1)C1CC1NC1CCC(N)CC1. The largest absolute Gasteiger partial charge is 0.328 e. The third kappa shape index (κ3) is 3.99. The van der Waals surface area contributed by atoms with Crippen LogP contribution in [-0.2, 0) is 0 Å². The Bertz CT molecular complexity index is 498. The lowest BCUT2D eigenvalue weighted by molar-refractivity contribution is 0.338. The maximum atomic E-state index is 6.01. The van der Waals surface area contributed by atoms with Gasteiger partial charge in [-0.25, -0.2) is 0 Å². The van der Waals surface area contributed by atoms with Crippen LogP contribution >= 0.6 is 0 Å². The Balaban J connectivity index is 1.59. The molecule has 2 aliphatic carbocycles. The van der Waals surface area contributed by atoms with Gasteiger partial charge in [-0.2, -0.15) is 0 Å². The van der Waals surface area contributed by atoms with Crippen LogP contribution in [0.4, 0.5) is 0 Å².